The molecule has 0 saturated heterocycles. The van der Waals surface area contributed by atoms with Crippen molar-refractivity contribution in [1.82, 2.24) is 0 Å². The Morgan fingerprint density at radius 1 is 0.562 bits per heavy atom. The van der Waals surface area contributed by atoms with Crippen LogP contribution in [0.25, 0.3) is 0 Å². The van der Waals surface area contributed by atoms with E-state index >= 15 is 0 Å². The second-order valence-corrected chi connectivity index (χ2v) is 11.1. The predicted octanol–water partition coefficient (Wildman–Crippen LogP) is 10.7. The Hall–Kier alpha value is -0.790. The zero-order chi connectivity index (χ0) is 23.8. The Balaban J connectivity index is 3.08. The van der Waals surface area contributed by atoms with Gasteiger partial charge in [0, 0.05) is 6.42 Å². The summed E-state index contributed by atoms with van der Waals surface area (Å²) in [5.74, 6) is -0.145. The molecule has 0 radical (unpaired) electrons. The normalized spacial score (nSPS) is 11.6. The van der Waals surface area contributed by atoms with Crippen LogP contribution in [-0.4, -0.2) is 5.97 Å². The van der Waals surface area contributed by atoms with Gasteiger partial charge in [0.1, 0.15) is 0 Å². The Morgan fingerprint density at radius 3 is 1.12 bits per heavy atom. The number of rotatable bonds is 24. The highest BCUT2D eigenvalue weighted by atomic mass is 16.5. The molecule has 0 aromatic rings. The number of carbonyl (C=O) groups excluding carboxylic acids is 1. The third-order valence-corrected chi connectivity index (χ3v) is 6.52. The van der Waals surface area contributed by atoms with Crippen molar-refractivity contribution in [1.29, 1.82) is 0 Å². The van der Waals surface area contributed by atoms with Gasteiger partial charge in [-0.1, -0.05) is 156 Å². The van der Waals surface area contributed by atoms with E-state index in [-0.39, 0.29) is 5.97 Å². The average molecular weight is 451 g/mol. The minimum Gasteiger partial charge on any atom is -0.435 e. The zero-order valence-corrected chi connectivity index (χ0v) is 22.4. The fourth-order valence-electron chi connectivity index (χ4n) is 4.44. The molecular weight excluding hydrogens is 392 g/mol. The molecule has 0 aromatic carbocycles. The summed E-state index contributed by atoms with van der Waals surface area (Å²) in [6.45, 7) is 10.5. The van der Waals surface area contributed by atoms with E-state index < -0.39 is 0 Å². The molecule has 0 N–H and O–H groups in total. The Labute approximate surface area is 202 Å². The van der Waals surface area contributed by atoms with E-state index in [4.69, 9.17) is 4.74 Å². The molecule has 0 aliphatic carbocycles. The van der Waals surface area contributed by atoms with E-state index in [0.29, 0.717) is 11.8 Å². The Kier molecular flexibility index (Phi) is 22.8. The molecule has 0 heterocycles. The zero-order valence-electron chi connectivity index (χ0n) is 22.4. The van der Waals surface area contributed by atoms with Crippen LogP contribution < -0.4 is 0 Å². The van der Waals surface area contributed by atoms with Gasteiger partial charge in [0.15, 0.2) is 0 Å². The summed E-state index contributed by atoms with van der Waals surface area (Å²) in [5.41, 5.74) is 0.521. The standard InChI is InChI=1S/C30H58O2/c1-5-32-29(31)27-25-23-21-19-17-15-13-11-9-7-6-8-10-12-14-16-18-20-22-24-26-28-30(2,3)4/h5H,1,6-28H2,2-4H3. The predicted molar refractivity (Wildman–Crippen MR) is 142 cm³/mol. The van der Waals surface area contributed by atoms with Crippen molar-refractivity contribution in [3.8, 4) is 0 Å². The van der Waals surface area contributed by atoms with Crippen LogP contribution in [0.4, 0.5) is 0 Å². The second-order valence-electron chi connectivity index (χ2n) is 11.1. The van der Waals surface area contributed by atoms with Gasteiger partial charge in [0.05, 0.1) is 6.26 Å². The SMILES string of the molecule is C=COC(=O)CCCCCCCCCCCCCCCCCCCCCCCC(C)(C)C. The summed E-state index contributed by atoms with van der Waals surface area (Å²) in [6, 6.07) is 0. The molecule has 0 aliphatic rings. The molecule has 2 heteroatoms. The van der Waals surface area contributed by atoms with Crippen LogP contribution in [0.3, 0.4) is 0 Å². The smallest absolute Gasteiger partial charge is 0.310 e. The molecule has 0 saturated carbocycles. The minimum absolute atomic E-state index is 0.145. The van der Waals surface area contributed by atoms with Crippen LogP contribution in [0.2, 0.25) is 0 Å². The van der Waals surface area contributed by atoms with Gasteiger partial charge < -0.3 is 4.74 Å². The van der Waals surface area contributed by atoms with Gasteiger partial charge in [0.25, 0.3) is 0 Å². The topological polar surface area (TPSA) is 26.3 Å². The van der Waals surface area contributed by atoms with Crippen LogP contribution in [0.15, 0.2) is 12.8 Å². The fraction of sp³-hybridized carbons (Fsp3) is 0.900. The Bertz CT molecular complexity index is 408. The molecule has 0 unspecified atom stereocenters. The van der Waals surface area contributed by atoms with Crippen molar-refractivity contribution in [3.05, 3.63) is 12.8 Å². The highest BCUT2D eigenvalue weighted by molar-refractivity contribution is 5.69. The summed E-state index contributed by atoms with van der Waals surface area (Å²) in [4.78, 5) is 11.2. The van der Waals surface area contributed by atoms with Crippen LogP contribution >= 0.6 is 0 Å². The van der Waals surface area contributed by atoms with Crippen LogP contribution in [-0.2, 0) is 9.53 Å². The second kappa shape index (κ2) is 23.4. The van der Waals surface area contributed by atoms with Gasteiger partial charge in [0.2, 0.25) is 0 Å². The van der Waals surface area contributed by atoms with Gasteiger partial charge in [-0.3, -0.25) is 4.79 Å². The van der Waals surface area contributed by atoms with Crippen molar-refractivity contribution in [2.75, 3.05) is 0 Å². The van der Waals surface area contributed by atoms with Gasteiger partial charge in [-0.05, 0) is 18.3 Å². The summed E-state index contributed by atoms with van der Waals surface area (Å²) in [6.07, 6.45) is 32.2. The quantitative estimate of drug-likeness (QED) is 0.0830. The summed E-state index contributed by atoms with van der Waals surface area (Å²) >= 11 is 0. The van der Waals surface area contributed by atoms with Crippen molar-refractivity contribution in [2.45, 2.75) is 168 Å². The number of hydrogen-bond donors (Lipinski definition) is 0. The Morgan fingerprint density at radius 2 is 0.844 bits per heavy atom. The highest BCUT2D eigenvalue weighted by Crippen LogP contribution is 2.22. The average Bonchev–Trinajstić information content (AvgIpc) is 2.73. The van der Waals surface area contributed by atoms with Crippen molar-refractivity contribution in [3.63, 3.8) is 0 Å². The first-order valence-corrected chi connectivity index (χ1v) is 14.3. The molecule has 0 spiro atoms. The maximum absolute atomic E-state index is 11.2. The third kappa shape index (κ3) is 27.2. The monoisotopic (exact) mass is 450 g/mol. The first-order chi connectivity index (χ1) is 15.5. The third-order valence-electron chi connectivity index (χ3n) is 6.52. The molecular formula is C30H58O2. The fourth-order valence-corrected chi connectivity index (χ4v) is 4.44. The van der Waals surface area contributed by atoms with Crippen molar-refractivity contribution < 1.29 is 9.53 Å². The van der Waals surface area contributed by atoms with Gasteiger partial charge in [-0.15, -0.1) is 0 Å². The number of esters is 1. The molecule has 0 aliphatic heterocycles. The lowest BCUT2D eigenvalue weighted by molar-refractivity contribution is -0.138. The van der Waals surface area contributed by atoms with Crippen molar-refractivity contribution in [2.24, 2.45) is 5.41 Å². The first-order valence-electron chi connectivity index (χ1n) is 14.3. The lowest BCUT2D eigenvalue weighted by Crippen LogP contribution is -2.03. The van der Waals surface area contributed by atoms with E-state index in [1.165, 1.54) is 135 Å². The molecule has 0 rings (SSSR count). The summed E-state index contributed by atoms with van der Waals surface area (Å²) in [7, 11) is 0. The molecule has 2 nitrogen and oxygen atoms in total. The highest BCUT2D eigenvalue weighted by Gasteiger charge is 2.08. The number of carbonyl (C=O) groups is 1. The first kappa shape index (κ1) is 31.2. The van der Waals surface area contributed by atoms with Crippen LogP contribution in [0.1, 0.15) is 168 Å². The van der Waals surface area contributed by atoms with Gasteiger partial charge in [-0.2, -0.15) is 0 Å². The maximum Gasteiger partial charge on any atom is 0.310 e. The number of unbranched alkanes of at least 4 members (excludes halogenated alkanes) is 20. The maximum atomic E-state index is 11.2. The molecule has 0 bridgehead atoms. The minimum atomic E-state index is -0.145. The van der Waals surface area contributed by atoms with E-state index in [9.17, 15) is 4.79 Å². The number of ether oxygens (including phenoxy) is 1. The molecule has 190 valence electrons. The molecule has 0 atom stereocenters. The van der Waals surface area contributed by atoms with Gasteiger partial charge in [-0.25, -0.2) is 0 Å². The summed E-state index contributed by atoms with van der Waals surface area (Å²) in [5, 5.41) is 0. The molecule has 0 amide bonds. The van der Waals surface area contributed by atoms with E-state index in [0.717, 1.165) is 12.8 Å². The largest absolute Gasteiger partial charge is 0.435 e. The summed E-state index contributed by atoms with van der Waals surface area (Å²) < 4.78 is 4.72. The molecule has 32 heavy (non-hydrogen) atoms. The van der Waals surface area contributed by atoms with Crippen LogP contribution in [0.5, 0.6) is 0 Å². The van der Waals surface area contributed by atoms with Crippen molar-refractivity contribution >= 4 is 5.97 Å². The van der Waals surface area contributed by atoms with Crippen LogP contribution in [0, 0.1) is 5.41 Å². The van der Waals surface area contributed by atoms with E-state index in [2.05, 4.69) is 27.4 Å². The molecule has 0 fully saturated rings. The molecule has 0 aromatic heterocycles. The lowest BCUT2D eigenvalue weighted by atomic mass is 9.89. The van der Waals surface area contributed by atoms with E-state index in [1.54, 1.807) is 0 Å². The van der Waals surface area contributed by atoms with Gasteiger partial charge >= 0.3 is 5.97 Å². The number of hydrogen-bond acceptors (Lipinski definition) is 2. The van der Waals surface area contributed by atoms with E-state index in [1.807, 2.05) is 0 Å². The lowest BCUT2D eigenvalue weighted by Gasteiger charge is -2.17.